The van der Waals surface area contributed by atoms with Gasteiger partial charge in [0.1, 0.15) is 0 Å². The van der Waals surface area contributed by atoms with E-state index in [-0.39, 0.29) is 17.6 Å². The van der Waals surface area contributed by atoms with Crippen molar-refractivity contribution >= 4 is 5.91 Å². The molecule has 0 aromatic heterocycles. The quantitative estimate of drug-likeness (QED) is 0.790. The number of likely N-dealkylation sites (tertiary alicyclic amines) is 1. The van der Waals surface area contributed by atoms with Crippen molar-refractivity contribution < 1.29 is 19.0 Å². The van der Waals surface area contributed by atoms with Crippen LogP contribution >= 0.6 is 0 Å². The summed E-state index contributed by atoms with van der Waals surface area (Å²) in [5.74, 6) is 1.70. The summed E-state index contributed by atoms with van der Waals surface area (Å²) in [5, 5.41) is 0. The predicted octanol–water partition coefficient (Wildman–Crippen LogP) is 2.43. The lowest BCUT2D eigenvalue weighted by Gasteiger charge is -2.46. The van der Waals surface area contributed by atoms with Gasteiger partial charge in [-0.15, -0.1) is 0 Å². The number of hydrogen-bond acceptors (Lipinski definition) is 5. The topological polar surface area (TPSA) is 51.2 Å². The van der Waals surface area contributed by atoms with Crippen LogP contribution in [0.4, 0.5) is 0 Å². The first-order valence-electron chi connectivity index (χ1n) is 9.84. The summed E-state index contributed by atoms with van der Waals surface area (Å²) in [6.07, 6.45) is 2.49. The summed E-state index contributed by atoms with van der Waals surface area (Å²) < 4.78 is 17.3. The molecular formula is C21H32N2O4. The molecule has 0 radical (unpaired) electrons. The molecule has 0 bridgehead atoms. The van der Waals surface area contributed by atoms with Crippen molar-refractivity contribution in [3.63, 3.8) is 0 Å². The molecule has 1 aromatic rings. The molecule has 0 aliphatic carbocycles. The second-order valence-electron chi connectivity index (χ2n) is 7.53. The van der Waals surface area contributed by atoms with Crippen molar-refractivity contribution in [3.8, 4) is 11.5 Å². The van der Waals surface area contributed by atoms with Crippen LogP contribution < -0.4 is 9.47 Å². The number of carbonyl (C=O) groups is 1. The standard InChI is InChI=1S/C21H32N2O4/c1-6-22(3)15(2)20(24)23-10-8-21(9-11-23)17-14-19(26-5)18(25-4)13-16(17)7-12-27-21/h13-15H,6-12H2,1-5H3. The highest BCUT2D eigenvalue weighted by Gasteiger charge is 2.43. The first-order chi connectivity index (χ1) is 13.0. The summed E-state index contributed by atoms with van der Waals surface area (Å²) in [6.45, 7) is 7.06. The van der Waals surface area contributed by atoms with Gasteiger partial charge in [-0.05, 0) is 63.0 Å². The van der Waals surface area contributed by atoms with Gasteiger partial charge in [0.25, 0.3) is 0 Å². The molecule has 1 atom stereocenters. The number of ether oxygens (including phenoxy) is 3. The second kappa shape index (κ2) is 8.07. The van der Waals surface area contributed by atoms with Crippen molar-refractivity contribution in [2.45, 2.75) is 44.8 Å². The molecule has 6 heteroatoms. The van der Waals surface area contributed by atoms with E-state index in [9.17, 15) is 4.79 Å². The Labute approximate surface area is 162 Å². The van der Waals surface area contributed by atoms with E-state index in [1.807, 2.05) is 18.9 Å². The Morgan fingerprint density at radius 3 is 2.48 bits per heavy atom. The SMILES string of the molecule is CCN(C)C(C)C(=O)N1CCC2(CC1)OCCc1cc(OC)c(OC)cc12. The summed E-state index contributed by atoms with van der Waals surface area (Å²) in [4.78, 5) is 16.9. The Morgan fingerprint density at radius 2 is 1.89 bits per heavy atom. The summed E-state index contributed by atoms with van der Waals surface area (Å²) in [7, 11) is 5.32. The number of hydrogen-bond donors (Lipinski definition) is 0. The zero-order valence-corrected chi connectivity index (χ0v) is 17.2. The number of carbonyl (C=O) groups excluding carboxylic acids is 1. The van der Waals surface area contributed by atoms with Crippen molar-refractivity contribution in [2.24, 2.45) is 0 Å². The molecule has 3 rings (SSSR count). The minimum atomic E-state index is -0.330. The number of methoxy groups -OCH3 is 2. The smallest absolute Gasteiger partial charge is 0.239 e. The lowest BCUT2D eigenvalue weighted by atomic mass is 9.79. The van der Waals surface area contributed by atoms with Crippen LogP contribution in [0.5, 0.6) is 11.5 Å². The van der Waals surface area contributed by atoms with Crippen LogP contribution in [-0.2, 0) is 21.6 Å². The molecule has 27 heavy (non-hydrogen) atoms. The van der Waals surface area contributed by atoms with Crippen LogP contribution in [0.3, 0.4) is 0 Å². The van der Waals surface area contributed by atoms with Crippen LogP contribution in [0.25, 0.3) is 0 Å². The second-order valence-corrected chi connectivity index (χ2v) is 7.53. The first-order valence-corrected chi connectivity index (χ1v) is 9.84. The van der Waals surface area contributed by atoms with E-state index in [4.69, 9.17) is 14.2 Å². The monoisotopic (exact) mass is 376 g/mol. The Bertz CT molecular complexity index is 683. The van der Waals surface area contributed by atoms with Gasteiger partial charge >= 0.3 is 0 Å². The zero-order chi connectivity index (χ0) is 19.6. The fourth-order valence-corrected chi connectivity index (χ4v) is 4.21. The molecule has 1 aromatic carbocycles. The van der Waals surface area contributed by atoms with Crippen LogP contribution in [0, 0.1) is 0 Å². The first kappa shape index (κ1) is 20.0. The predicted molar refractivity (Wildman–Crippen MR) is 104 cm³/mol. The van der Waals surface area contributed by atoms with Gasteiger partial charge in [0.05, 0.1) is 32.5 Å². The van der Waals surface area contributed by atoms with Gasteiger partial charge in [0, 0.05) is 13.1 Å². The third-order valence-corrected chi connectivity index (χ3v) is 6.25. The van der Waals surface area contributed by atoms with E-state index in [2.05, 4.69) is 24.0 Å². The summed E-state index contributed by atoms with van der Waals surface area (Å²) >= 11 is 0. The van der Waals surface area contributed by atoms with Crippen LogP contribution in [0.2, 0.25) is 0 Å². The van der Waals surface area contributed by atoms with Crippen LogP contribution in [0.1, 0.15) is 37.8 Å². The molecule has 2 aliphatic heterocycles. The molecule has 150 valence electrons. The van der Waals surface area contributed by atoms with Crippen molar-refractivity contribution in [3.05, 3.63) is 23.3 Å². The van der Waals surface area contributed by atoms with Crippen molar-refractivity contribution in [2.75, 3.05) is 47.5 Å². The largest absolute Gasteiger partial charge is 0.493 e. The fraction of sp³-hybridized carbons (Fsp3) is 0.667. The molecule has 1 amide bonds. The Balaban J connectivity index is 1.80. The van der Waals surface area contributed by atoms with E-state index in [1.54, 1.807) is 14.2 Å². The number of amides is 1. The highest BCUT2D eigenvalue weighted by Crippen LogP contribution is 2.45. The van der Waals surface area contributed by atoms with Gasteiger partial charge in [0.2, 0.25) is 5.91 Å². The summed E-state index contributed by atoms with van der Waals surface area (Å²) in [5.41, 5.74) is 2.12. The Hall–Kier alpha value is -1.79. The fourth-order valence-electron chi connectivity index (χ4n) is 4.21. The molecule has 1 saturated heterocycles. The lowest BCUT2D eigenvalue weighted by Crippen LogP contribution is -2.52. The van der Waals surface area contributed by atoms with Crippen LogP contribution in [0.15, 0.2) is 12.1 Å². The third kappa shape index (κ3) is 3.65. The molecule has 0 N–H and O–H groups in total. The van der Waals surface area contributed by atoms with Gasteiger partial charge in [-0.1, -0.05) is 6.92 Å². The molecule has 1 fully saturated rings. The summed E-state index contributed by atoms with van der Waals surface area (Å²) in [6, 6.07) is 4.06. The molecule has 1 unspecified atom stereocenters. The minimum Gasteiger partial charge on any atom is -0.493 e. The average molecular weight is 376 g/mol. The number of fused-ring (bicyclic) bond motifs is 2. The lowest BCUT2D eigenvalue weighted by molar-refractivity contribution is -0.145. The van der Waals surface area contributed by atoms with Crippen molar-refractivity contribution in [1.82, 2.24) is 9.80 Å². The number of benzene rings is 1. The Morgan fingerprint density at radius 1 is 1.26 bits per heavy atom. The maximum Gasteiger partial charge on any atom is 0.239 e. The maximum absolute atomic E-state index is 12.8. The highest BCUT2D eigenvalue weighted by molar-refractivity contribution is 5.81. The molecule has 0 saturated carbocycles. The van der Waals surface area contributed by atoms with Crippen molar-refractivity contribution in [1.29, 1.82) is 0 Å². The molecular weight excluding hydrogens is 344 g/mol. The zero-order valence-electron chi connectivity index (χ0n) is 17.2. The average Bonchev–Trinajstić information content (AvgIpc) is 2.72. The van der Waals surface area contributed by atoms with Gasteiger partial charge in [-0.25, -0.2) is 0 Å². The highest BCUT2D eigenvalue weighted by atomic mass is 16.5. The number of nitrogens with zero attached hydrogens (tertiary/aromatic N) is 2. The normalized spacial score (nSPS) is 19.7. The van der Waals surface area contributed by atoms with Gasteiger partial charge in [-0.3, -0.25) is 9.69 Å². The maximum atomic E-state index is 12.8. The third-order valence-electron chi connectivity index (χ3n) is 6.25. The van der Waals surface area contributed by atoms with E-state index in [1.165, 1.54) is 11.1 Å². The molecule has 2 heterocycles. The van der Waals surface area contributed by atoms with E-state index in [0.717, 1.165) is 37.3 Å². The minimum absolute atomic E-state index is 0.0898. The van der Waals surface area contributed by atoms with Gasteiger partial charge < -0.3 is 19.1 Å². The number of rotatable bonds is 5. The molecule has 6 nitrogen and oxygen atoms in total. The van der Waals surface area contributed by atoms with E-state index in [0.29, 0.717) is 19.7 Å². The molecule has 1 spiro atoms. The van der Waals surface area contributed by atoms with Gasteiger partial charge in [-0.2, -0.15) is 0 Å². The van der Waals surface area contributed by atoms with E-state index >= 15 is 0 Å². The van der Waals surface area contributed by atoms with Gasteiger partial charge in [0.15, 0.2) is 11.5 Å². The van der Waals surface area contributed by atoms with E-state index < -0.39 is 0 Å². The van der Waals surface area contributed by atoms with Crippen LogP contribution in [-0.4, -0.2) is 69.3 Å². The Kier molecular flexibility index (Phi) is 5.96. The number of likely N-dealkylation sites (N-methyl/N-ethyl adjacent to an activating group) is 1. The molecule has 2 aliphatic rings. The number of piperidine rings is 1.